The zero-order valence-electron chi connectivity index (χ0n) is 14.6. The minimum atomic E-state index is -3.49. The van der Waals surface area contributed by atoms with E-state index in [-0.39, 0.29) is 37.6 Å². The maximum Gasteiger partial charge on any atom is 0.264 e. The standard InChI is InChI=1S/C17H22FN3O4S/c1-24-12-7-15-19-16(25-20-15)17(18)8-10-21(11-9-17)26(22,23)13-14-5-3-2-4-6-14/h2-6H,7-13H2,1H3. The largest absolute Gasteiger partial charge is 0.384 e. The third-order valence-electron chi connectivity index (χ3n) is 4.48. The molecule has 1 aromatic heterocycles. The third kappa shape index (κ3) is 4.28. The Morgan fingerprint density at radius 1 is 1.27 bits per heavy atom. The van der Waals surface area contributed by atoms with Crippen LogP contribution in [0.4, 0.5) is 4.39 Å². The van der Waals surface area contributed by atoms with Gasteiger partial charge in [-0.15, -0.1) is 0 Å². The molecule has 1 saturated heterocycles. The Bertz CT molecular complexity index is 818. The number of rotatable bonds is 7. The fourth-order valence-corrected chi connectivity index (χ4v) is 4.47. The molecule has 1 aliphatic heterocycles. The van der Waals surface area contributed by atoms with Crippen LogP contribution in [0.3, 0.4) is 0 Å². The van der Waals surface area contributed by atoms with Crippen LogP contribution in [-0.2, 0) is 32.6 Å². The molecular formula is C17H22FN3O4S. The normalized spacial score (nSPS) is 18.1. The first kappa shape index (κ1) is 18.9. The maximum absolute atomic E-state index is 15.2. The third-order valence-corrected chi connectivity index (χ3v) is 6.33. The number of sulfonamides is 1. The Labute approximate surface area is 152 Å². The number of nitrogens with zero attached hydrogens (tertiary/aromatic N) is 3. The Balaban J connectivity index is 1.63. The van der Waals surface area contributed by atoms with Gasteiger partial charge in [-0.25, -0.2) is 17.1 Å². The van der Waals surface area contributed by atoms with Gasteiger partial charge in [-0.2, -0.15) is 4.98 Å². The topological polar surface area (TPSA) is 85.5 Å². The van der Waals surface area contributed by atoms with Crippen LogP contribution in [-0.4, -0.2) is 49.7 Å². The predicted octanol–water partition coefficient (Wildman–Crippen LogP) is 2.05. The van der Waals surface area contributed by atoms with Gasteiger partial charge in [0.25, 0.3) is 5.89 Å². The number of piperidine rings is 1. The van der Waals surface area contributed by atoms with Gasteiger partial charge in [0.2, 0.25) is 10.0 Å². The van der Waals surface area contributed by atoms with Crippen LogP contribution < -0.4 is 0 Å². The summed E-state index contributed by atoms with van der Waals surface area (Å²) >= 11 is 0. The van der Waals surface area contributed by atoms with Crippen molar-refractivity contribution in [3.05, 3.63) is 47.6 Å². The lowest BCUT2D eigenvalue weighted by atomic mass is 9.94. The van der Waals surface area contributed by atoms with E-state index < -0.39 is 15.7 Å². The number of benzene rings is 1. The molecule has 0 spiro atoms. The number of methoxy groups -OCH3 is 1. The van der Waals surface area contributed by atoms with Gasteiger partial charge in [0.15, 0.2) is 11.5 Å². The van der Waals surface area contributed by atoms with E-state index in [9.17, 15) is 8.42 Å². The minimum Gasteiger partial charge on any atom is -0.384 e. The first-order valence-electron chi connectivity index (χ1n) is 8.46. The zero-order chi connectivity index (χ0) is 18.6. The van der Waals surface area contributed by atoms with Crippen molar-refractivity contribution in [2.45, 2.75) is 30.7 Å². The summed E-state index contributed by atoms with van der Waals surface area (Å²) in [5.41, 5.74) is -1.08. The predicted molar refractivity (Wildman–Crippen MR) is 92.5 cm³/mol. The minimum absolute atomic E-state index is 0.00701. The molecule has 1 aliphatic rings. The summed E-state index contributed by atoms with van der Waals surface area (Å²) in [5, 5.41) is 3.76. The van der Waals surface area contributed by atoms with Gasteiger partial charge in [-0.1, -0.05) is 35.5 Å². The molecule has 26 heavy (non-hydrogen) atoms. The molecule has 0 amide bonds. The van der Waals surface area contributed by atoms with Crippen molar-refractivity contribution in [2.24, 2.45) is 0 Å². The SMILES string of the molecule is COCCc1noc(C2(F)CCN(S(=O)(=O)Cc3ccccc3)CC2)n1. The monoisotopic (exact) mass is 383 g/mol. The lowest BCUT2D eigenvalue weighted by molar-refractivity contribution is 0.0510. The first-order chi connectivity index (χ1) is 12.4. The van der Waals surface area contributed by atoms with E-state index in [1.165, 1.54) is 4.31 Å². The second-order valence-corrected chi connectivity index (χ2v) is 8.33. The summed E-state index contributed by atoms with van der Waals surface area (Å²) in [7, 11) is -1.93. The Hall–Kier alpha value is -1.84. The van der Waals surface area contributed by atoms with Gasteiger partial charge in [0, 0.05) is 39.5 Å². The number of ether oxygens (including phenoxy) is 1. The molecule has 3 rings (SSSR count). The Kier molecular flexibility index (Phi) is 5.69. The highest BCUT2D eigenvalue weighted by molar-refractivity contribution is 7.88. The van der Waals surface area contributed by atoms with Gasteiger partial charge in [0.1, 0.15) is 0 Å². The highest BCUT2D eigenvalue weighted by atomic mass is 32.2. The van der Waals surface area contributed by atoms with Gasteiger partial charge in [-0.05, 0) is 5.56 Å². The molecule has 7 nitrogen and oxygen atoms in total. The van der Waals surface area contributed by atoms with E-state index in [0.717, 1.165) is 0 Å². The average molecular weight is 383 g/mol. The molecule has 0 saturated carbocycles. The highest BCUT2D eigenvalue weighted by Crippen LogP contribution is 2.37. The molecule has 1 aromatic carbocycles. The van der Waals surface area contributed by atoms with E-state index in [4.69, 9.17) is 9.26 Å². The van der Waals surface area contributed by atoms with Crippen molar-refractivity contribution < 1.29 is 22.1 Å². The zero-order valence-corrected chi connectivity index (χ0v) is 15.4. The number of aromatic nitrogens is 2. The molecule has 0 bridgehead atoms. The molecule has 2 heterocycles. The maximum atomic E-state index is 15.2. The van der Waals surface area contributed by atoms with Crippen LogP contribution in [0.15, 0.2) is 34.9 Å². The number of halogens is 1. The van der Waals surface area contributed by atoms with E-state index in [1.54, 1.807) is 31.4 Å². The summed E-state index contributed by atoms with van der Waals surface area (Å²) in [4.78, 5) is 4.10. The van der Waals surface area contributed by atoms with Crippen LogP contribution in [0.2, 0.25) is 0 Å². The van der Waals surface area contributed by atoms with Crippen molar-refractivity contribution in [1.29, 1.82) is 0 Å². The van der Waals surface area contributed by atoms with Crippen LogP contribution >= 0.6 is 0 Å². The van der Waals surface area contributed by atoms with E-state index in [2.05, 4.69) is 10.1 Å². The molecule has 9 heteroatoms. The molecule has 0 radical (unpaired) electrons. The van der Waals surface area contributed by atoms with Gasteiger partial charge in [-0.3, -0.25) is 0 Å². The summed E-state index contributed by atoms with van der Waals surface area (Å²) in [6.45, 7) is 0.590. The lowest BCUT2D eigenvalue weighted by Gasteiger charge is -2.33. The molecule has 0 N–H and O–H groups in total. The molecule has 1 fully saturated rings. The van der Waals surface area contributed by atoms with E-state index >= 15 is 4.39 Å². The summed E-state index contributed by atoms with van der Waals surface area (Å²) in [6.07, 6.45) is 0.424. The Morgan fingerprint density at radius 2 is 1.96 bits per heavy atom. The highest BCUT2D eigenvalue weighted by Gasteiger charge is 2.43. The van der Waals surface area contributed by atoms with Crippen LogP contribution in [0.5, 0.6) is 0 Å². The Morgan fingerprint density at radius 3 is 2.62 bits per heavy atom. The van der Waals surface area contributed by atoms with Crippen molar-refractivity contribution in [3.8, 4) is 0 Å². The van der Waals surface area contributed by atoms with Crippen LogP contribution in [0, 0.1) is 0 Å². The van der Waals surface area contributed by atoms with Gasteiger partial charge < -0.3 is 9.26 Å². The molecular weight excluding hydrogens is 361 g/mol. The summed E-state index contributed by atoms with van der Waals surface area (Å²) in [6, 6.07) is 8.95. The summed E-state index contributed by atoms with van der Waals surface area (Å²) < 4.78 is 51.6. The number of hydrogen-bond donors (Lipinski definition) is 0. The van der Waals surface area contributed by atoms with Gasteiger partial charge in [0.05, 0.1) is 12.4 Å². The number of hydrogen-bond acceptors (Lipinski definition) is 6. The average Bonchev–Trinajstić information content (AvgIpc) is 3.11. The van der Waals surface area contributed by atoms with Gasteiger partial charge >= 0.3 is 0 Å². The van der Waals surface area contributed by atoms with Crippen molar-refractivity contribution in [3.63, 3.8) is 0 Å². The van der Waals surface area contributed by atoms with E-state index in [1.807, 2.05) is 6.07 Å². The van der Waals surface area contributed by atoms with Crippen molar-refractivity contribution in [1.82, 2.24) is 14.4 Å². The quantitative estimate of drug-likeness (QED) is 0.727. The second-order valence-electron chi connectivity index (χ2n) is 6.36. The first-order valence-corrected chi connectivity index (χ1v) is 10.1. The van der Waals surface area contributed by atoms with Crippen LogP contribution in [0.25, 0.3) is 0 Å². The molecule has 0 aliphatic carbocycles. The second kappa shape index (κ2) is 7.81. The fourth-order valence-electron chi connectivity index (χ4n) is 2.94. The molecule has 2 aromatic rings. The molecule has 0 unspecified atom stereocenters. The fraction of sp³-hybridized carbons (Fsp3) is 0.529. The lowest BCUT2D eigenvalue weighted by Crippen LogP contribution is -2.43. The molecule has 0 atom stereocenters. The van der Waals surface area contributed by atoms with Crippen molar-refractivity contribution in [2.75, 3.05) is 26.8 Å². The van der Waals surface area contributed by atoms with Crippen LogP contribution in [0.1, 0.15) is 30.1 Å². The van der Waals surface area contributed by atoms with E-state index in [0.29, 0.717) is 24.4 Å². The smallest absolute Gasteiger partial charge is 0.264 e. The molecule has 142 valence electrons. The number of alkyl halides is 1. The summed E-state index contributed by atoms with van der Waals surface area (Å²) in [5.74, 6) is 0.219. The van der Waals surface area contributed by atoms with Crippen molar-refractivity contribution >= 4 is 10.0 Å².